The van der Waals surface area contributed by atoms with Crippen LogP contribution < -0.4 is 0 Å². The molecule has 0 bridgehead atoms. The Morgan fingerprint density at radius 2 is 0.957 bits per heavy atom. The Morgan fingerprint density at radius 1 is 0.478 bits per heavy atom. The zero-order valence-corrected chi connectivity index (χ0v) is 24.3. The van der Waals surface area contributed by atoms with Crippen LogP contribution in [0.2, 0.25) is 0 Å². The van der Waals surface area contributed by atoms with Crippen LogP contribution in [-0.2, 0) is 0 Å². The Labute approximate surface area is 259 Å². The molecule has 0 aliphatic carbocycles. The van der Waals surface area contributed by atoms with Crippen LogP contribution in [0.1, 0.15) is 38.2 Å². The third-order valence-electron chi connectivity index (χ3n) is 7.58. The number of hydrogen-bond donors (Lipinski definition) is 0. The van der Waals surface area contributed by atoms with Crippen LogP contribution in [0.15, 0.2) is 90.8 Å². The lowest BCUT2D eigenvalue weighted by Crippen LogP contribution is -1.97. The summed E-state index contributed by atoms with van der Waals surface area (Å²) < 4.78 is 129. The van der Waals surface area contributed by atoms with Crippen molar-refractivity contribution in [3.63, 3.8) is 0 Å². The normalized spacial score (nSPS) is 12.0. The number of unbranched alkanes of at least 4 members (excludes halogenated alkanes) is 2. The van der Waals surface area contributed by atoms with E-state index >= 15 is 8.78 Å². The zero-order chi connectivity index (χ0) is 33.1. The highest BCUT2D eigenvalue weighted by atomic mass is 19.2. The largest absolute Gasteiger partial charge is 0.209 e. The van der Waals surface area contributed by atoms with E-state index in [4.69, 9.17) is 0 Å². The molecular formula is C37H25F9. The van der Waals surface area contributed by atoms with Crippen molar-refractivity contribution < 1.29 is 39.5 Å². The highest BCUT2D eigenvalue weighted by Gasteiger charge is 2.20. The van der Waals surface area contributed by atoms with Crippen molar-refractivity contribution in [1.82, 2.24) is 0 Å². The van der Waals surface area contributed by atoms with Gasteiger partial charge in [0, 0.05) is 23.1 Å². The molecule has 0 saturated heterocycles. The Kier molecular flexibility index (Phi) is 9.70. The second-order valence-corrected chi connectivity index (χ2v) is 10.7. The highest BCUT2D eigenvalue weighted by molar-refractivity contribution is 5.76. The van der Waals surface area contributed by atoms with Crippen LogP contribution in [0.5, 0.6) is 0 Å². The van der Waals surface area contributed by atoms with Gasteiger partial charge in [-0.15, -0.1) is 0 Å². The zero-order valence-electron chi connectivity index (χ0n) is 24.3. The molecule has 0 aromatic heterocycles. The first-order valence-electron chi connectivity index (χ1n) is 14.4. The van der Waals surface area contributed by atoms with E-state index in [-0.39, 0.29) is 34.2 Å². The molecule has 0 radical (unpaired) electrons. The average Bonchev–Trinajstić information content (AvgIpc) is 3.03. The van der Waals surface area contributed by atoms with Crippen LogP contribution in [0.4, 0.5) is 39.5 Å². The lowest BCUT2D eigenvalue weighted by Gasteiger charge is -2.12. The van der Waals surface area contributed by atoms with Gasteiger partial charge in [-0.3, -0.25) is 0 Å². The molecule has 0 spiro atoms. The van der Waals surface area contributed by atoms with Gasteiger partial charge in [-0.2, -0.15) is 0 Å². The molecule has 236 valence electrons. The SMILES string of the molecule is CCCCCC(F)=C(F)c1ccc(-c2ccc(-c3ccc(-c4cc(F)c(-c5cc(F)c(F)c(F)c5)c(F)c4)c(F)c3)c(F)c2)cc1. The minimum Gasteiger partial charge on any atom is -0.209 e. The molecule has 0 aliphatic rings. The van der Waals surface area contributed by atoms with E-state index in [0.29, 0.717) is 29.7 Å². The van der Waals surface area contributed by atoms with E-state index in [9.17, 15) is 30.7 Å². The molecule has 0 N–H and O–H groups in total. The second kappa shape index (κ2) is 13.7. The molecule has 46 heavy (non-hydrogen) atoms. The summed E-state index contributed by atoms with van der Waals surface area (Å²) in [5.74, 6) is -11.0. The van der Waals surface area contributed by atoms with Gasteiger partial charge >= 0.3 is 0 Å². The van der Waals surface area contributed by atoms with Gasteiger partial charge in [0.2, 0.25) is 0 Å². The quantitative estimate of drug-likeness (QED) is 0.0854. The summed E-state index contributed by atoms with van der Waals surface area (Å²) in [4.78, 5) is 0. The molecule has 0 saturated carbocycles. The van der Waals surface area contributed by atoms with Gasteiger partial charge in [0.05, 0.1) is 5.56 Å². The standard InChI is InChI=1S/C37H25F9/c1-2-3-4-5-28(38)36(45)21-8-6-20(7-9-21)22-10-12-26(29(39)14-22)23-11-13-27(30(40)15-23)24-16-31(41)35(32(42)17-24)25-18-33(43)37(46)34(44)19-25/h6-19H,2-5H2,1H3. The fourth-order valence-corrected chi connectivity index (χ4v) is 5.16. The number of allylic oxidation sites excluding steroid dienone is 1. The van der Waals surface area contributed by atoms with Crippen molar-refractivity contribution in [2.75, 3.05) is 0 Å². The van der Waals surface area contributed by atoms with Crippen molar-refractivity contribution >= 4 is 5.83 Å². The van der Waals surface area contributed by atoms with Gasteiger partial charge in [0.25, 0.3) is 0 Å². The molecule has 9 heteroatoms. The monoisotopic (exact) mass is 640 g/mol. The van der Waals surface area contributed by atoms with Crippen molar-refractivity contribution in [2.45, 2.75) is 32.6 Å². The summed E-state index contributed by atoms with van der Waals surface area (Å²) in [6, 6.07) is 16.0. The van der Waals surface area contributed by atoms with Crippen molar-refractivity contribution in [3.8, 4) is 44.5 Å². The summed E-state index contributed by atoms with van der Waals surface area (Å²) >= 11 is 0. The summed E-state index contributed by atoms with van der Waals surface area (Å²) in [5, 5.41) is 0. The van der Waals surface area contributed by atoms with Gasteiger partial charge in [-0.25, -0.2) is 39.5 Å². The summed E-state index contributed by atoms with van der Waals surface area (Å²) in [6.45, 7) is 1.96. The maximum atomic E-state index is 15.2. The van der Waals surface area contributed by atoms with E-state index in [2.05, 4.69) is 0 Å². The molecule has 0 nitrogen and oxygen atoms in total. The first-order chi connectivity index (χ1) is 22.0. The Balaban J connectivity index is 1.38. The van der Waals surface area contributed by atoms with Crippen molar-refractivity contribution in [1.29, 1.82) is 0 Å². The van der Waals surface area contributed by atoms with E-state index in [1.807, 2.05) is 6.92 Å². The van der Waals surface area contributed by atoms with Gasteiger partial charge < -0.3 is 0 Å². The highest BCUT2D eigenvalue weighted by Crippen LogP contribution is 2.36. The first kappa shape index (κ1) is 32.6. The maximum Gasteiger partial charge on any atom is 0.194 e. The minimum atomic E-state index is -1.79. The Morgan fingerprint density at radius 3 is 1.52 bits per heavy atom. The number of benzene rings is 5. The molecule has 5 aromatic rings. The third kappa shape index (κ3) is 6.73. The third-order valence-corrected chi connectivity index (χ3v) is 7.58. The van der Waals surface area contributed by atoms with E-state index < -0.39 is 63.5 Å². The topological polar surface area (TPSA) is 0 Å². The predicted molar refractivity (Wildman–Crippen MR) is 161 cm³/mol. The van der Waals surface area contributed by atoms with Crippen molar-refractivity contribution in [2.24, 2.45) is 0 Å². The summed E-state index contributed by atoms with van der Waals surface area (Å²) in [7, 11) is 0. The van der Waals surface area contributed by atoms with Gasteiger partial charge in [0.1, 0.15) is 29.1 Å². The van der Waals surface area contributed by atoms with Crippen LogP contribution in [0.25, 0.3) is 50.3 Å². The summed E-state index contributed by atoms with van der Waals surface area (Å²) in [6.07, 6.45) is 2.23. The summed E-state index contributed by atoms with van der Waals surface area (Å²) in [5.41, 5.74) is -0.688. The molecule has 0 heterocycles. The van der Waals surface area contributed by atoms with Crippen molar-refractivity contribution in [3.05, 3.63) is 137 Å². The fourth-order valence-electron chi connectivity index (χ4n) is 5.16. The molecule has 0 fully saturated rings. The molecule has 0 aliphatic heterocycles. The Bertz CT molecular complexity index is 1900. The second-order valence-electron chi connectivity index (χ2n) is 10.7. The maximum absolute atomic E-state index is 15.2. The molecule has 5 aromatic carbocycles. The number of rotatable bonds is 9. The Hall–Kier alpha value is -4.79. The smallest absolute Gasteiger partial charge is 0.194 e. The van der Waals surface area contributed by atoms with Gasteiger partial charge in [-0.1, -0.05) is 68.3 Å². The van der Waals surface area contributed by atoms with Crippen LogP contribution in [-0.4, -0.2) is 0 Å². The fraction of sp³-hybridized carbons (Fsp3) is 0.135. The lowest BCUT2D eigenvalue weighted by atomic mass is 9.95. The lowest BCUT2D eigenvalue weighted by molar-refractivity contribution is 0.447. The predicted octanol–water partition coefficient (Wildman–Crippen LogP) is 12.5. The average molecular weight is 641 g/mol. The van der Waals surface area contributed by atoms with Crippen LogP contribution in [0.3, 0.4) is 0 Å². The van der Waals surface area contributed by atoms with Gasteiger partial charge in [0.15, 0.2) is 23.3 Å². The van der Waals surface area contributed by atoms with E-state index in [1.165, 1.54) is 48.5 Å². The minimum absolute atomic E-state index is 0.0118. The van der Waals surface area contributed by atoms with Gasteiger partial charge in [-0.05, 0) is 70.6 Å². The van der Waals surface area contributed by atoms with Crippen LogP contribution in [0, 0.1) is 40.7 Å². The number of halogens is 9. The molecule has 0 unspecified atom stereocenters. The molecular weight excluding hydrogens is 615 g/mol. The van der Waals surface area contributed by atoms with E-state index in [0.717, 1.165) is 31.0 Å². The number of hydrogen-bond acceptors (Lipinski definition) is 0. The molecule has 0 amide bonds. The first-order valence-corrected chi connectivity index (χ1v) is 14.4. The molecule has 5 rings (SSSR count). The molecule has 0 atom stereocenters. The van der Waals surface area contributed by atoms with Crippen LogP contribution >= 0.6 is 0 Å². The van der Waals surface area contributed by atoms with E-state index in [1.54, 1.807) is 6.07 Å².